The Kier molecular flexibility index (Phi) is 7.43. The van der Waals surface area contributed by atoms with Gasteiger partial charge in [0.2, 0.25) is 0 Å². The van der Waals surface area contributed by atoms with E-state index >= 15 is 0 Å². The van der Waals surface area contributed by atoms with Crippen molar-refractivity contribution in [3.63, 3.8) is 0 Å². The smallest absolute Gasteiger partial charge is 0.189 e. The zero-order valence-corrected chi connectivity index (χ0v) is 16.5. The van der Waals surface area contributed by atoms with Gasteiger partial charge in [0.1, 0.15) is 0 Å². The minimum absolute atomic E-state index is 0.451. The van der Waals surface area contributed by atoms with Gasteiger partial charge in [0.15, 0.2) is 10.2 Å². The van der Waals surface area contributed by atoms with Crippen LogP contribution in [0.2, 0.25) is 5.02 Å². The van der Waals surface area contributed by atoms with Crippen molar-refractivity contribution in [3.8, 4) is 0 Å². The fourth-order valence-corrected chi connectivity index (χ4v) is 2.79. The normalized spacial score (nSPS) is 10.0. The van der Waals surface area contributed by atoms with Crippen LogP contribution in [-0.2, 0) is 6.42 Å². The van der Waals surface area contributed by atoms with E-state index in [9.17, 15) is 0 Å². The number of benzene rings is 2. The summed E-state index contributed by atoms with van der Waals surface area (Å²) >= 11 is 16.3. The van der Waals surface area contributed by atoms with Gasteiger partial charge in [-0.1, -0.05) is 29.8 Å². The lowest BCUT2D eigenvalue weighted by Gasteiger charge is -2.15. The number of halogens is 1. The molecule has 0 aliphatic heterocycles. The molecule has 25 heavy (non-hydrogen) atoms. The number of hydrogen-bond acceptors (Lipinski definition) is 2. The number of hydrazine groups is 1. The highest BCUT2D eigenvalue weighted by molar-refractivity contribution is 7.80. The minimum atomic E-state index is 0.451. The lowest BCUT2D eigenvalue weighted by Crippen LogP contribution is -2.48. The summed E-state index contributed by atoms with van der Waals surface area (Å²) < 4.78 is 0. The van der Waals surface area contributed by atoms with Gasteiger partial charge in [-0.05, 0) is 85.7 Å². The quantitative estimate of drug-likeness (QED) is 0.468. The van der Waals surface area contributed by atoms with Gasteiger partial charge in [-0.15, -0.1) is 0 Å². The zero-order chi connectivity index (χ0) is 18.2. The maximum Gasteiger partial charge on any atom is 0.189 e. The molecule has 0 aromatic heterocycles. The molecular formula is C18H21ClN4S2. The van der Waals surface area contributed by atoms with Gasteiger partial charge < -0.3 is 10.6 Å². The second-order valence-corrected chi connectivity index (χ2v) is 6.97. The maximum atomic E-state index is 5.87. The van der Waals surface area contributed by atoms with Crippen LogP contribution >= 0.6 is 36.0 Å². The van der Waals surface area contributed by atoms with E-state index in [-0.39, 0.29) is 0 Å². The van der Waals surface area contributed by atoms with Crippen LogP contribution in [0.15, 0.2) is 42.5 Å². The molecule has 0 aliphatic carbocycles. The SMILES string of the molecule is Cc1cc(C)cc(NC(=S)NNC(=S)NCCc2ccc(Cl)cc2)c1. The van der Waals surface area contributed by atoms with Gasteiger partial charge in [0.05, 0.1) is 0 Å². The van der Waals surface area contributed by atoms with Crippen LogP contribution in [0.1, 0.15) is 16.7 Å². The Morgan fingerprint density at radius 1 is 0.920 bits per heavy atom. The molecule has 0 fully saturated rings. The minimum Gasteiger partial charge on any atom is -0.361 e. The number of anilines is 1. The largest absolute Gasteiger partial charge is 0.361 e. The highest BCUT2D eigenvalue weighted by Gasteiger charge is 2.01. The van der Waals surface area contributed by atoms with E-state index in [2.05, 4.69) is 27.6 Å². The first-order valence-electron chi connectivity index (χ1n) is 7.86. The number of rotatable bonds is 4. The molecule has 0 spiro atoms. The Balaban J connectivity index is 1.68. The predicted octanol–water partition coefficient (Wildman–Crippen LogP) is 3.87. The summed E-state index contributed by atoms with van der Waals surface area (Å²) in [7, 11) is 0. The average molecular weight is 393 g/mol. The molecule has 4 N–H and O–H groups in total. The first-order valence-corrected chi connectivity index (χ1v) is 9.05. The van der Waals surface area contributed by atoms with Crippen LogP contribution in [0.25, 0.3) is 0 Å². The molecule has 0 saturated heterocycles. The first kappa shape index (κ1) is 19.4. The number of thiocarbonyl (C=S) groups is 2. The molecule has 0 unspecified atom stereocenters. The van der Waals surface area contributed by atoms with Crippen molar-refractivity contribution >= 4 is 51.9 Å². The van der Waals surface area contributed by atoms with Crippen molar-refractivity contribution in [2.75, 3.05) is 11.9 Å². The van der Waals surface area contributed by atoms with E-state index in [1.54, 1.807) is 0 Å². The van der Waals surface area contributed by atoms with Crippen molar-refractivity contribution in [2.24, 2.45) is 0 Å². The van der Waals surface area contributed by atoms with Gasteiger partial charge in [-0.25, -0.2) is 0 Å². The van der Waals surface area contributed by atoms with E-state index in [0.717, 1.165) is 17.1 Å². The Morgan fingerprint density at radius 2 is 1.52 bits per heavy atom. The van der Waals surface area contributed by atoms with E-state index in [4.69, 9.17) is 36.0 Å². The molecule has 4 nitrogen and oxygen atoms in total. The van der Waals surface area contributed by atoms with Gasteiger partial charge >= 0.3 is 0 Å². The highest BCUT2D eigenvalue weighted by atomic mass is 35.5. The fourth-order valence-electron chi connectivity index (χ4n) is 2.34. The van der Waals surface area contributed by atoms with Crippen molar-refractivity contribution in [3.05, 3.63) is 64.2 Å². The summed E-state index contributed by atoms with van der Waals surface area (Å²) in [5, 5.41) is 7.92. The fraction of sp³-hybridized carbons (Fsp3) is 0.222. The van der Waals surface area contributed by atoms with Crippen LogP contribution in [0.4, 0.5) is 5.69 Å². The van der Waals surface area contributed by atoms with Crippen molar-refractivity contribution < 1.29 is 0 Å². The molecule has 7 heteroatoms. The van der Waals surface area contributed by atoms with Crippen LogP contribution in [0.3, 0.4) is 0 Å². The van der Waals surface area contributed by atoms with Crippen LogP contribution < -0.4 is 21.5 Å². The summed E-state index contributed by atoms with van der Waals surface area (Å²) in [5.41, 5.74) is 10.2. The average Bonchev–Trinajstić information content (AvgIpc) is 2.54. The van der Waals surface area contributed by atoms with Crippen LogP contribution in [-0.4, -0.2) is 16.8 Å². The number of nitrogens with one attached hydrogen (secondary N) is 4. The summed E-state index contributed by atoms with van der Waals surface area (Å²) in [6.45, 7) is 4.81. The Morgan fingerprint density at radius 3 is 2.16 bits per heavy atom. The maximum absolute atomic E-state index is 5.87. The molecule has 0 aliphatic rings. The summed E-state index contributed by atoms with van der Waals surface area (Å²) in [4.78, 5) is 0. The van der Waals surface area contributed by atoms with E-state index in [1.807, 2.05) is 50.2 Å². The molecule has 2 aromatic rings. The molecule has 2 aromatic carbocycles. The molecule has 132 valence electrons. The van der Waals surface area contributed by atoms with Gasteiger partial charge in [0.25, 0.3) is 0 Å². The molecule has 0 bridgehead atoms. The molecule has 0 atom stereocenters. The Bertz CT molecular complexity index is 727. The highest BCUT2D eigenvalue weighted by Crippen LogP contribution is 2.13. The lowest BCUT2D eigenvalue weighted by molar-refractivity contribution is 0.796. The molecular weight excluding hydrogens is 372 g/mol. The zero-order valence-electron chi connectivity index (χ0n) is 14.2. The van der Waals surface area contributed by atoms with Crippen molar-refractivity contribution in [1.82, 2.24) is 16.2 Å². The summed E-state index contributed by atoms with van der Waals surface area (Å²) in [5.74, 6) is 0. The van der Waals surface area contributed by atoms with E-state index in [0.29, 0.717) is 16.8 Å². The molecule has 0 radical (unpaired) electrons. The summed E-state index contributed by atoms with van der Waals surface area (Å²) in [6, 6.07) is 13.9. The Hall–Kier alpha value is -1.89. The third-order valence-electron chi connectivity index (χ3n) is 3.38. The van der Waals surface area contributed by atoms with Gasteiger partial charge in [0, 0.05) is 17.3 Å². The van der Waals surface area contributed by atoms with Crippen LogP contribution in [0.5, 0.6) is 0 Å². The molecule has 0 heterocycles. The van der Waals surface area contributed by atoms with Gasteiger partial charge in [-0.2, -0.15) is 0 Å². The summed E-state index contributed by atoms with van der Waals surface area (Å²) in [6.07, 6.45) is 0.851. The molecule has 0 amide bonds. The van der Waals surface area contributed by atoms with Crippen LogP contribution in [0, 0.1) is 13.8 Å². The number of hydrogen-bond donors (Lipinski definition) is 4. The van der Waals surface area contributed by atoms with Crippen molar-refractivity contribution in [1.29, 1.82) is 0 Å². The topological polar surface area (TPSA) is 48.1 Å². The monoisotopic (exact) mass is 392 g/mol. The first-order chi connectivity index (χ1) is 11.9. The van der Waals surface area contributed by atoms with E-state index < -0.39 is 0 Å². The van der Waals surface area contributed by atoms with Gasteiger partial charge in [-0.3, -0.25) is 10.9 Å². The standard InChI is InChI=1S/C18H21ClN4S2/c1-12-9-13(2)11-16(10-12)21-18(25)23-22-17(24)20-8-7-14-3-5-15(19)6-4-14/h3-6,9-11H,7-8H2,1-2H3,(H2,20,22,24)(H2,21,23,25). The van der Waals surface area contributed by atoms with E-state index in [1.165, 1.54) is 16.7 Å². The molecule has 2 rings (SSSR count). The second kappa shape index (κ2) is 9.56. The predicted molar refractivity (Wildman–Crippen MR) is 114 cm³/mol. The molecule has 0 saturated carbocycles. The third kappa shape index (κ3) is 7.25. The lowest BCUT2D eigenvalue weighted by atomic mass is 10.1. The Labute approximate surface area is 164 Å². The third-order valence-corrected chi connectivity index (χ3v) is 4.08. The number of aryl methyl sites for hydroxylation is 2. The van der Waals surface area contributed by atoms with Crippen molar-refractivity contribution in [2.45, 2.75) is 20.3 Å². The second-order valence-electron chi connectivity index (χ2n) is 5.71.